The standard InChI is InChI=1S/C13H17ClN2O4/c1-2-5-19-13-9(15)7-12(13)20-11-6-8(14)3-4-10(11)16(17)18/h3-4,6,9,12-13H,2,5,7,15H2,1H3. The molecule has 6 nitrogen and oxygen atoms in total. The summed E-state index contributed by atoms with van der Waals surface area (Å²) >= 11 is 5.86. The predicted octanol–water partition coefficient (Wildman–Crippen LogP) is 2.52. The summed E-state index contributed by atoms with van der Waals surface area (Å²) in [4.78, 5) is 10.5. The Morgan fingerprint density at radius 2 is 2.30 bits per heavy atom. The van der Waals surface area contributed by atoms with E-state index in [1.54, 1.807) is 0 Å². The molecule has 1 aliphatic carbocycles. The highest BCUT2D eigenvalue weighted by Crippen LogP contribution is 2.35. The van der Waals surface area contributed by atoms with E-state index in [9.17, 15) is 10.1 Å². The van der Waals surface area contributed by atoms with E-state index >= 15 is 0 Å². The first-order valence-corrected chi connectivity index (χ1v) is 6.88. The molecule has 2 rings (SSSR count). The van der Waals surface area contributed by atoms with Gasteiger partial charge < -0.3 is 15.2 Å². The maximum absolute atomic E-state index is 11.0. The molecule has 20 heavy (non-hydrogen) atoms. The minimum Gasteiger partial charge on any atom is -0.481 e. The van der Waals surface area contributed by atoms with Gasteiger partial charge in [0.2, 0.25) is 0 Å². The topological polar surface area (TPSA) is 87.6 Å². The van der Waals surface area contributed by atoms with Crippen LogP contribution in [-0.4, -0.2) is 29.8 Å². The van der Waals surface area contributed by atoms with Crippen molar-refractivity contribution >= 4 is 17.3 Å². The van der Waals surface area contributed by atoms with Crippen molar-refractivity contribution < 1.29 is 14.4 Å². The van der Waals surface area contributed by atoms with Gasteiger partial charge in [0.1, 0.15) is 12.2 Å². The van der Waals surface area contributed by atoms with Crippen molar-refractivity contribution in [3.8, 4) is 5.75 Å². The Kier molecular flexibility index (Phi) is 4.80. The summed E-state index contributed by atoms with van der Waals surface area (Å²) in [6.45, 7) is 2.59. The maximum Gasteiger partial charge on any atom is 0.311 e. The Balaban J connectivity index is 2.09. The van der Waals surface area contributed by atoms with Crippen LogP contribution in [-0.2, 0) is 4.74 Å². The molecule has 1 saturated carbocycles. The van der Waals surface area contributed by atoms with Crippen LogP contribution in [0.4, 0.5) is 5.69 Å². The second-order valence-electron chi connectivity index (χ2n) is 4.76. The molecule has 0 saturated heterocycles. The molecule has 0 aromatic heterocycles. The Morgan fingerprint density at radius 3 is 2.90 bits per heavy atom. The molecule has 1 aromatic carbocycles. The normalized spacial score (nSPS) is 25.1. The summed E-state index contributed by atoms with van der Waals surface area (Å²) in [5, 5.41) is 11.4. The van der Waals surface area contributed by atoms with Crippen molar-refractivity contribution in [3.63, 3.8) is 0 Å². The Hall–Kier alpha value is -1.37. The number of nitro groups is 1. The van der Waals surface area contributed by atoms with E-state index in [4.69, 9.17) is 26.8 Å². The van der Waals surface area contributed by atoms with Crippen LogP contribution in [0.15, 0.2) is 18.2 Å². The zero-order valence-corrected chi connectivity index (χ0v) is 11.9. The maximum atomic E-state index is 11.0. The molecule has 0 radical (unpaired) electrons. The molecule has 1 aromatic rings. The Bertz CT molecular complexity index is 497. The summed E-state index contributed by atoms with van der Waals surface area (Å²) in [7, 11) is 0. The lowest BCUT2D eigenvalue weighted by Gasteiger charge is -2.41. The van der Waals surface area contributed by atoms with Crippen molar-refractivity contribution in [2.24, 2.45) is 5.73 Å². The zero-order chi connectivity index (χ0) is 14.7. The molecule has 1 fully saturated rings. The summed E-state index contributed by atoms with van der Waals surface area (Å²) in [5.41, 5.74) is 5.76. The third-order valence-corrected chi connectivity index (χ3v) is 3.44. The summed E-state index contributed by atoms with van der Waals surface area (Å²) in [5.74, 6) is 0.157. The van der Waals surface area contributed by atoms with Crippen molar-refractivity contribution in [1.82, 2.24) is 0 Å². The fourth-order valence-corrected chi connectivity index (χ4v) is 2.27. The largest absolute Gasteiger partial charge is 0.481 e. The Labute approximate surface area is 122 Å². The van der Waals surface area contributed by atoms with Crippen LogP contribution in [0.1, 0.15) is 19.8 Å². The number of nitrogens with two attached hydrogens (primary N) is 1. The molecule has 1 aliphatic rings. The molecule has 3 atom stereocenters. The van der Waals surface area contributed by atoms with E-state index in [2.05, 4.69) is 0 Å². The van der Waals surface area contributed by atoms with E-state index in [1.165, 1.54) is 18.2 Å². The smallest absolute Gasteiger partial charge is 0.311 e. The highest BCUT2D eigenvalue weighted by Gasteiger charge is 2.42. The van der Waals surface area contributed by atoms with Gasteiger partial charge >= 0.3 is 5.69 Å². The third kappa shape index (κ3) is 3.20. The van der Waals surface area contributed by atoms with Gasteiger partial charge in [0.05, 0.1) is 4.92 Å². The van der Waals surface area contributed by atoms with Gasteiger partial charge in [0.25, 0.3) is 0 Å². The minimum atomic E-state index is -0.494. The number of halogens is 1. The average molecular weight is 301 g/mol. The number of nitro benzene ring substituents is 1. The van der Waals surface area contributed by atoms with Crippen molar-refractivity contribution in [2.45, 2.75) is 38.0 Å². The molecule has 2 N–H and O–H groups in total. The SMILES string of the molecule is CCCOC1C(N)CC1Oc1cc(Cl)ccc1[N+](=O)[O-]. The third-order valence-electron chi connectivity index (χ3n) is 3.20. The first-order chi connectivity index (χ1) is 9.52. The fourth-order valence-electron chi connectivity index (χ4n) is 2.11. The van der Waals surface area contributed by atoms with Crippen LogP contribution in [0.25, 0.3) is 0 Å². The molecular weight excluding hydrogens is 284 g/mol. The van der Waals surface area contributed by atoms with Gasteiger partial charge in [-0.1, -0.05) is 18.5 Å². The van der Waals surface area contributed by atoms with E-state index < -0.39 is 4.92 Å². The van der Waals surface area contributed by atoms with Gasteiger partial charge in [0.15, 0.2) is 5.75 Å². The van der Waals surface area contributed by atoms with E-state index in [0.29, 0.717) is 18.1 Å². The summed E-state index contributed by atoms with van der Waals surface area (Å²) in [6.07, 6.45) is 0.993. The number of nitrogens with zero attached hydrogens (tertiary/aromatic N) is 1. The summed E-state index contributed by atoms with van der Waals surface area (Å²) < 4.78 is 11.3. The highest BCUT2D eigenvalue weighted by atomic mass is 35.5. The van der Waals surface area contributed by atoms with Gasteiger partial charge in [-0.25, -0.2) is 0 Å². The first kappa shape index (κ1) is 15.0. The number of hydrogen-bond acceptors (Lipinski definition) is 5. The lowest BCUT2D eigenvalue weighted by atomic mass is 9.86. The van der Waals surface area contributed by atoms with Gasteiger partial charge in [-0.15, -0.1) is 0 Å². The van der Waals surface area contributed by atoms with Gasteiger partial charge in [-0.3, -0.25) is 10.1 Å². The van der Waals surface area contributed by atoms with Crippen LogP contribution in [0.3, 0.4) is 0 Å². The highest BCUT2D eigenvalue weighted by molar-refractivity contribution is 6.30. The second kappa shape index (κ2) is 6.39. The molecule has 110 valence electrons. The van der Waals surface area contributed by atoms with E-state index in [0.717, 1.165) is 6.42 Å². The molecule has 0 amide bonds. The van der Waals surface area contributed by atoms with Crippen molar-refractivity contribution in [1.29, 1.82) is 0 Å². The van der Waals surface area contributed by atoms with Crippen molar-refractivity contribution in [2.75, 3.05) is 6.61 Å². The zero-order valence-electron chi connectivity index (χ0n) is 11.1. The Morgan fingerprint density at radius 1 is 1.55 bits per heavy atom. The lowest BCUT2D eigenvalue weighted by molar-refractivity contribution is -0.386. The number of hydrogen-bond donors (Lipinski definition) is 1. The van der Waals surface area contributed by atoms with Gasteiger partial charge in [0, 0.05) is 36.2 Å². The van der Waals surface area contributed by atoms with Crippen LogP contribution in [0.2, 0.25) is 5.02 Å². The molecule has 0 aliphatic heterocycles. The van der Waals surface area contributed by atoms with Gasteiger partial charge in [-0.2, -0.15) is 0 Å². The lowest BCUT2D eigenvalue weighted by Crippen LogP contribution is -2.59. The number of rotatable bonds is 6. The average Bonchev–Trinajstić information content (AvgIpc) is 2.38. The fraction of sp³-hybridized carbons (Fsp3) is 0.538. The van der Waals surface area contributed by atoms with E-state index in [1.807, 2.05) is 6.92 Å². The molecule has 0 bridgehead atoms. The molecular formula is C13H17ClN2O4. The molecule has 7 heteroatoms. The predicted molar refractivity (Wildman–Crippen MR) is 75.1 cm³/mol. The summed E-state index contributed by atoms with van der Waals surface area (Å²) in [6, 6.07) is 4.15. The van der Waals surface area contributed by atoms with E-state index in [-0.39, 0.29) is 29.7 Å². The number of ether oxygens (including phenoxy) is 2. The molecule has 0 spiro atoms. The van der Waals surface area contributed by atoms with Crippen molar-refractivity contribution in [3.05, 3.63) is 33.3 Å². The molecule has 3 unspecified atom stereocenters. The molecule has 0 heterocycles. The monoisotopic (exact) mass is 300 g/mol. The van der Waals surface area contributed by atoms with Crippen LogP contribution >= 0.6 is 11.6 Å². The minimum absolute atomic E-state index is 0.0928. The number of benzene rings is 1. The quantitative estimate of drug-likeness (QED) is 0.644. The van der Waals surface area contributed by atoms with Crippen LogP contribution in [0, 0.1) is 10.1 Å². The first-order valence-electron chi connectivity index (χ1n) is 6.50. The van der Waals surface area contributed by atoms with Crippen LogP contribution in [0.5, 0.6) is 5.75 Å². The second-order valence-corrected chi connectivity index (χ2v) is 5.20. The van der Waals surface area contributed by atoms with Crippen LogP contribution < -0.4 is 10.5 Å². The van der Waals surface area contributed by atoms with Gasteiger partial charge in [-0.05, 0) is 12.5 Å².